The highest BCUT2D eigenvalue weighted by Crippen LogP contribution is 2.24. The third kappa shape index (κ3) is 3.80. The van der Waals surface area contributed by atoms with Crippen molar-refractivity contribution in [2.24, 2.45) is 0 Å². The molecule has 1 amide bonds. The zero-order valence-corrected chi connectivity index (χ0v) is 16.5. The molecule has 0 spiro atoms. The number of likely N-dealkylation sites (N-methyl/N-ethyl adjacent to an activating group) is 1. The summed E-state index contributed by atoms with van der Waals surface area (Å²) in [4.78, 5) is 22.8. The van der Waals surface area contributed by atoms with Crippen molar-refractivity contribution < 1.29 is 9.53 Å². The fraction of sp³-hybridized carbons (Fsp3) is 0.250. The van der Waals surface area contributed by atoms with Crippen molar-refractivity contribution in [1.29, 1.82) is 0 Å². The van der Waals surface area contributed by atoms with Crippen LogP contribution in [0.15, 0.2) is 36.7 Å². The maximum Gasteiger partial charge on any atom is 0.246 e. The van der Waals surface area contributed by atoms with Crippen LogP contribution in [0.4, 0.5) is 0 Å². The van der Waals surface area contributed by atoms with E-state index >= 15 is 0 Å². The summed E-state index contributed by atoms with van der Waals surface area (Å²) in [6.45, 7) is 4.27. The van der Waals surface area contributed by atoms with Crippen LogP contribution >= 0.6 is 11.6 Å². The first kappa shape index (κ1) is 18.9. The number of aromatic nitrogens is 3. The Morgan fingerprint density at radius 1 is 1.37 bits per heavy atom. The second-order valence-electron chi connectivity index (χ2n) is 6.29. The Kier molecular flexibility index (Phi) is 5.46. The van der Waals surface area contributed by atoms with E-state index in [1.165, 1.54) is 6.08 Å². The van der Waals surface area contributed by atoms with Crippen molar-refractivity contribution in [2.75, 3.05) is 14.2 Å². The molecule has 0 saturated heterocycles. The van der Waals surface area contributed by atoms with E-state index in [1.807, 2.05) is 42.6 Å². The molecule has 0 bridgehead atoms. The lowest BCUT2D eigenvalue weighted by atomic mass is 10.1. The van der Waals surface area contributed by atoms with Gasteiger partial charge in [0.15, 0.2) is 5.15 Å². The number of aryl methyl sites for hydroxylation is 1. The van der Waals surface area contributed by atoms with Crippen LogP contribution in [0.3, 0.4) is 0 Å². The maximum absolute atomic E-state index is 12.5. The fourth-order valence-corrected chi connectivity index (χ4v) is 3.19. The van der Waals surface area contributed by atoms with Crippen LogP contribution in [0.1, 0.15) is 22.5 Å². The van der Waals surface area contributed by atoms with Crippen LogP contribution in [0.5, 0.6) is 5.75 Å². The Morgan fingerprint density at radius 2 is 2.15 bits per heavy atom. The molecule has 0 fully saturated rings. The van der Waals surface area contributed by atoms with Gasteiger partial charge in [-0.05, 0) is 32.1 Å². The van der Waals surface area contributed by atoms with Gasteiger partial charge in [0.25, 0.3) is 0 Å². The lowest BCUT2D eigenvalue weighted by Crippen LogP contribution is -2.25. The number of rotatable bonds is 5. The summed E-state index contributed by atoms with van der Waals surface area (Å²) >= 11 is 6.20. The first-order valence-corrected chi connectivity index (χ1v) is 8.85. The van der Waals surface area contributed by atoms with Crippen LogP contribution in [-0.4, -0.2) is 39.3 Å². The van der Waals surface area contributed by atoms with Gasteiger partial charge in [0.2, 0.25) is 5.91 Å². The first-order chi connectivity index (χ1) is 12.9. The molecule has 0 aromatic carbocycles. The van der Waals surface area contributed by atoms with E-state index in [9.17, 15) is 4.79 Å². The zero-order valence-electron chi connectivity index (χ0n) is 15.7. The average Bonchev–Trinajstić information content (AvgIpc) is 2.97. The minimum absolute atomic E-state index is 0.155. The van der Waals surface area contributed by atoms with Gasteiger partial charge in [-0.15, -0.1) is 0 Å². The van der Waals surface area contributed by atoms with E-state index in [1.54, 1.807) is 31.3 Å². The molecule has 0 saturated carbocycles. The Bertz CT molecular complexity index is 1030. The number of ether oxygens (including phenoxy) is 1. The van der Waals surface area contributed by atoms with Crippen molar-refractivity contribution >= 4 is 29.2 Å². The van der Waals surface area contributed by atoms with Crippen LogP contribution in [0.25, 0.3) is 11.7 Å². The Labute approximate surface area is 163 Å². The molecule has 0 atom stereocenters. The van der Waals surface area contributed by atoms with Crippen molar-refractivity contribution in [3.63, 3.8) is 0 Å². The van der Waals surface area contributed by atoms with E-state index in [0.717, 1.165) is 28.2 Å². The molecule has 7 heteroatoms. The molecule has 140 valence electrons. The number of pyridine rings is 2. The zero-order chi connectivity index (χ0) is 19.6. The molecule has 3 aromatic rings. The van der Waals surface area contributed by atoms with Crippen molar-refractivity contribution in [1.82, 2.24) is 19.3 Å². The van der Waals surface area contributed by atoms with Crippen molar-refractivity contribution in [3.8, 4) is 5.75 Å². The molecule has 0 aliphatic carbocycles. The van der Waals surface area contributed by atoms with Gasteiger partial charge in [-0.3, -0.25) is 14.2 Å². The largest absolute Gasteiger partial charge is 0.496 e. The number of fused-ring (bicyclic) bond motifs is 1. The van der Waals surface area contributed by atoms with Gasteiger partial charge in [0.1, 0.15) is 11.4 Å². The van der Waals surface area contributed by atoms with Gasteiger partial charge in [0, 0.05) is 36.6 Å². The molecule has 3 heterocycles. The normalized spacial score (nSPS) is 11.3. The van der Waals surface area contributed by atoms with Crippen LogP contribution in [0, 0.1) is 13.8 Å². The lowest BCUT2D eigenvalue weighted by molar-refractivity contribution is -0.125. The number of hydrogen-bond donors (Lipinski definition) is 0. The Hall–Kier alpha value is -2.86. The predicted octanol–water partition coefficient (Wildman–Crippen LogP) is 3.68. The molecule has 0 unspecified atom stereocenters. The number of imidazole rings is 1. The maximum atomic E-state index is 12.5. The average molecular weight is 385 g/mol. The third-order valence-electron chi connectivity index (χ3n) is 4.42. The highest BCUT2D eigenvalue weighted by Gasteiger charge is 2.14. The summed E-state index contributed by atoms with van der Waals surface area (Å²) in [6, 6.07) is 5.63. The van der Waals surface area contributed by atoms with Crippen molar-refractivity contribution in [3.05, 3.63) is 64.3 Å². The fourth-order valence-electron chi connectivity index (χ4n) is 2.95. The number of carbonyl (C=O) groups excluding carboxylic acids is 1. The molecule has 0 aliphatic rings. The minimum atomic E-state index is -0.155. The minimum Gasteiger partial charge on any atom is -0.496 e. The summed E-state index contributed by atoms with van der Waals surface area (Å²) < 4.78 is 7.26. The molecular formula is C20H21ClN4O2. The van der Waals surface area contributed by atoms with Crippen LogP contribution in [-0.2, 0) is 11.3 Å². The third-order valence-corrected chi connectivity index (χ3v) is 4.70. The van der Waals surface area contributed by atoms with E-state index in [-0.39, 0.29) is 5.91 Å². The van der Waals surface area contributed by atoms with E-state index in [4.69, 9.17) is 16.3 Å². The van der Waals surface area contributed by atoms with E-state index in [0.29, 0.717) is 17.4 Å². The molecule has 27 heavy (non-hydrogen) atoms. The summed E-state index contributed by atoms with van der Waals surface area (Å²) in [7, 11) is 3.37. The highest BCUT2D eigenvalue weighted by molar-refractivity contribution is 6.31. The molecule has 3 aromatic heterocycles. The topological polar surface area (TPSA) is 59.7 Å². The molecule has 0 radical (unpaired) electrons. The monoisotopic (exact) mass is 384 g/mol. The number of hydrogen-bond acceptors (Lipinski definition) is 4. The second kappa shape index (κ2) is 7.80. The van der Waals surface area contributed by atoms with Gasteiger partial charge in [-0.25, -0.2) is 4.98 Å². The predicted molar refractivity (Wildman–Crippen MR) is 106 cm³/mol. The van der Waals surface area contributed by atoms with Gasteiger partial charge in [-0.1, -0.05) is 17.7 Å². The Balaban J connectivity index is 1.78. The number of carbonyl (C=O) groups is 1. The van der Waals surface area contributed by atoms with Crippen molar-refractivity contribution in [2.45, 2.75) is 20.4 Å². The Morgan fingerprint density at radius 3 is 2.89 bits per heavy atom. The molecular weight excluding hydrogens is 364 g/mol. The lowest BCUT2D eigenvalue weighted by Gasteiger charge is -2.18. The highest BCUT2D eigenvalue weighted by atomic mass is 35.5. The number of nitrogens with zero attached hydrogens (tertiary/aromatic N) is 4. The first-order valence-electron chi connectivity index (χ1n) is 8.47. The summed E-state index contributed by atoms with van der Waals surface area (Å²) in [5.74, 6) is 0.645. The standard InChI is InChI=1S/C20H21ClN4O2/c1-13-11-22-15(14(2)19(13)27-4)12-24(3)18(26)9-8-16-20(21)23-17-7-5-6-10-25(16)17/h5-11H,12H2,1-4H3/b9-8+. The van der Waals surface area contributed by atoms with Gasteiger partial charge in [-0.2, -0.15) is 0 Å². The van der Waals surface area contributed by atoms with Gasteiger partial charge >= 0.3 is 0 Å². The molecule has 3 rings (SSSR count). The molecule has 0 N–H and O–H groups in total. The summed E-state index contributed by atoms with van der Waals surface area (Å²) in [6.07, 6.45) is 6.78. The number of methoxy groups -OCH3 is 1. The molecule has 0 aliphatic heterocycles. The smallest absolute Gasteiger partial charge is 0.246 e. The summed E-state index contributed by atoms with van der Waals surface area (Å²) in [5, 5.41) is 0.355. The van der Waals surface area contributed by atoms with E-state index < -0.39 is 0 Å². The second-order valence-corrected chi connectivity index (χ2v) is 6.65. The molecule has 6 nitrogen and oxygen atoms in total. The number of amides is 1. The number of halogens is 1. The van der Waals surface area contributed by atoms with Crippen LogP contribution < -0.4 is 4.74 Å². The summed E-state index contributed by atoms with van der Waals surface area (Å²) in [5.41, 5.74) is 4.10. The van der Waals surface area contributed by atoms with Crippen LogP contribution in [0.2, 0.25) is 5.15 Å². The van der Waals surface area contributed by atoms with Gasteiger partial charge in [0.05, 0.1) is 25.0 Å². The van der Waals surface area contributed by atoms with E-state index in [2.05, 4.69) is 9.97 Å². The quantitative estimate of drug-likeness (QED) is 0.629. The SMILES string of the molecule is COc1c(C)cnc(CN(C)C(=O)/C=C/c2c(Cl)nc3ccccn23)c1C. The van der Waals surface area contributed by atoms with Gasteiger partial charge < -0.3 is 9.64 Å².